The average Bonchev–Trinajstić information content (AvgIpc) is 2.40. The van der Waals surface area contributed by atoms with Crippen LogP contribution in [0.1, 0.15) is 5.56 Å². The predicted molar refractivity (Wildman–Crippen MR) is 76.4 cm³/mol. The number of nitrogens with one attached hydrogen (secondary N) is 1. The SMILES string of the molecule is O=S(=O)(Nc1ccccc1Br)c1ccccc1C(F)(F)F. The van der Waals surface area contributed by atoms with Crippen LogP contribution in [0.5, 0.6) is 0 Å². The summed E-state index contributed by atoms with van der Waals surface area (Å²) < 4.78 is 65.6. The summed E-state index contributed by atoms with van der Waals surface area (Å²) in [5.74, 6) is 0. The summed E-state index contributed by atoms with van der Waals surface area (Å²) in [6, 6.07) is 10.3. The van der Waals surface area contributed by atoms with Crippen molar-refractivity contribution >= 4 is 31.6 Å². The van der Waals surface area contributed by atoms with Gasteiger partial charge in [-0.3, -0.25) is 4.72 Å². The van der Waals surface area contributed by atoms with Crippen molar-refractivity contribution in [2.75, 3.05) is 4.72 Å². The quantitative estimate of drug-likeness (QED) is 0.865. The lowest BCUT2D eigenvalue weighted by molar-refractivity contribution is -0.139. The van der Waals surface area contributed by atoms with E-state index in [1.54, 1.807) is 18.2 Å². The molecule has 1 N–H and O–H groups in total. The Kier molecular flexibility index (Phi) is 4.29. The minimum Gasteiger partial charge on any atom is -0.278 e. The Morgan fingerprint density at radius 1 is 0.952 bits per heavy atom. The lowest BCUT2D eigenvalue weighted by Crippen LogP contribution is -2.19. The van der Waals surface area contributed by atoms with Crippen molar-refractivity contribution in [2.24, 2.45) is 0 Å². The lowest BCUT2D eigenvalue weighted by atomic mass is 10.2. The molecule has 0 aliphatic carbocycles. The van der Waals surface area contributed by atoms with Crippen LogP contribution >= 0.6 is 15.9 Å². The van der Waals surface area contributed by atoms with E-state index in [1.165, 1.54) is 12.1 Å². The van der Waals surface area contributed by atoms with Gasteiger partial charge < -0.3 is 0 Å². The van der Waals surface area contributed by atoms with Crippen LogP contribution in [0.15, 0.2) is 57.9 Å². The minimum atomic E-state index is -4.75. The smallest absolute Gasteiger partial charge is 0.278 e. The maximum Gasteiger partial charge on any atom is 0.417 e. The number of benzene rings is 2. The Labute approximate surface area is 128 Å². The van der Waals surface area contributed by atoms with Crippen molar-refractivity contribution < 1.29 is 21.6 Å². The van der Waals surface area contributed by atoms with Gasteiger partial charge in [0, 0.05) is 4.47 Å². The molecule has 0 heterocycles. The zero-order chi connectivity index (χ0) is 15.7. The molecule has 0 aromatic heterocycles. The highest BCUT2D eigenvalue weighted by atomic mass is 79.9. The van der Waals surface area contributed by atoms with Crippen LogP contribution in [0.3, 0.4) is 0 Å². The molecule has 0 atom stereocenters. The Hall–Kier alpha value is -1.54. The third kappa shape index (κ3) is 3.56. The summed E-state index contributed by atoms with van der Waals surface area (Å²) in [6.45, 7) is 0. The molecule has 0 unspecified atom stereocenters. The third-order valence-corrected chi connectivity index (χ3v) is 4.72. The van der Waals surface area contributed by atoms with Crippen molar-refractivity contribution in [3.05, 3.63) is 58.6 Å². The summed E-state index contributed by atoms with van der Waals surface area (Å²) >= 11 is 3.13. The molecule has 8 heteroatoms. The Morgan fingerprint density at radius 3 is 2.14 bits per heavy atom. The Balaban J connectivity index is 2.49. The fourth-order valence-corrected chi connectivity index (χ4v) is 3.50. The van der Waals surface area contributed by atoms with E-state index in [-0.39, 0.29) is 5.69 Å². The van der Waals surface area contributed by atoms with Gasteiger partial charge in [-0.05, 0) is 40.2 Å². The number of sulfonamides is 1. The molecule has 112 valence electrons. The average molecular weight is 380 g/mol. The van der Waals surface area contributed by atoms with Crippen LogP contribution in [0.25, 0.3) is 0 Å². The predicted octanol–water partition coefficient (Wildman–Crippen LogP) is 4.27. The summed E-state index contributed by atoms with van der Waals surface area (Å²) in [5.41, 5.74) is -1.04. The molecule has 0 radical (unpaired) electrons. The van der Waals surface area contributed by atoms with Gasteiger partial charge in [-0.1, -0.05) is 24.3 Å². The molecule has 21 heavy (non-hydrogen) atoms. The van der Waals surface area contributed by atoms with E-state index in [4.69, 9.17) is 0 Å². The second-order valence-electron chi connectivity index (χ2n) is 4.08. The van der Waals surface area contributed by atoms with Gasteiger partial charge in [0.2, 0.25) is 0 Å². The zero-order valence-corrected chi connectivity index (χ0v) is 12.8. The highest BCUT2D eigenvalue weighted by Crippen LogP contribution is 2.35. The van der Waals surface area contributed by atoms with Gasteiger partial charge in [0.05, 0.1) is 16.1 Å². The molecule has 0 bridgehead atoms. The fraction of sp³-hybridized carbons (Fsp3) is 0.0769. The fourth-order valence-electron chi connectivity index (χ4n) is 1.68. The maximum absolute atomic E-state index is 12.9. The van der Waals surface area contributed by atoms with E-state index in [9.17, 15) is 21.6 Å². The second kappa shape index (κ2) is 5.69. The van der Waals surface area contributed by atoms with Crippen molar-refractivity contribution in [1.29, 1.82) is 0 Å². The molecule has 0 amide bonds. The summed E-state index contributed by atoms with van der Waals surface area (Å²) in [7, 11) is -4.35. The van der Waals surface area contributed by atoms with E-state index in [2.05, 4.69) is 20.7 Å². The van der Waals surface area contributed by atoms with Crippen LogP contribution in [0.4, 0.5) is 18.9 Å². The maximum atomic E-state index is 12.9. The number of hydrogen-bond donors (Lipinski definition) is 1. The van der Waals surface area contributed by atoms with E-state index in [0.29, 0.717) is 4.47 Å². The van der Waals surface area contributed by atoms with Crippen molar-refractivity contribution in [1.82, 2.24) is 0 Å². The van der Waals surface area contributed by atoms with Crippen molar-refractivity contribution in [3.63, 3.8) is 0 Å². The van der Waals surface area contributed by atoms with Crippen LogP contribution in [0, 0.1) is 0 Å². The first-order valence-electron chi connectivity index (χ1n) is 5.65. The largest absolute Gasteiger partial charge is 0.417 e. The number of para-hydroxylation sites is 1. The molecule has 0 fully saturated rings. The molecule has 0 aliphatic heterocycles. The van der Waals surface area contributed by atoms with Crippen LogP contribution in [0.2, 0.25) is 0 Å². The molecule has 3 nitrogen and oxygen atoms in total. The Bertz CT molecular complexity index is 760. The third-order valence-electron chi connectivity index (χ3n) is 2.60. The zero-order valence-electron chi connectivity index (χ0n) is 10.4. The second-order valence-corrected chi connectivity index (χ2v) is 6.58. The molecule has 0 saturated carbocycles. The summed E-state index contributed by atoms with van der Waals surface area (Å²) in [4.78, 5) is -0.812. The molecular weight excluding hydrogens is 371 g/mol. The van der Waals surface area contributed by atoms with Gasteiger partial charge in [-0.15, -0.1) is 0 Å². The van der Waals surface area contributed by atoms with Crippen LogP contribution in [-0.4, -0.2) is 8.42 Å². The van der Waals surface area contributed by atoms with Gasteiger partial charge in [-0.2, -0.15) is 13.2 Å². The minimum absolute atomic E-state index is 0.162. The van der Waals surface area contributed by atoms with Crippen molar-refractivity contribution in [3.8, 4) is 0 Å². The molecule has 0 spiro atoms. The van der Waals surface area contributed by atoms with Crippen LogP contribution < -0.4 is 4.72 Å². The first-order valence-corrected chi connectivity index (χ1v) is 7.93. The molecule has 2 aromatic rings. The van der Waals surface area contributed by atoms with E-state index in [0.717, 1.165) is 18.2 Å². The molecule has 0 aliphatic rings. The highest BCUT2D eigenvalue weighted by molar-refractivity contribution is 9.10. The lowest BCUT2D eigenvalue weighted by Gasteiger charge is -2.14. The first kappa shape index (κ1) is 15.8. The number of hydrogen-bond acceptors (Lipinski definition) is 2. The topological polar surface area (TPSA) is 46.2 Å². The van der Waals surface area contributed by atoms with Crippen LogP contribution in [-0.2, 0) is 16.2 Å². The van der Waals surface area contributed by atoms with Crippen molar-refractivity contribution in [2.45, 2.75) is 11.1 Å². The van der Waals surface area contributed by atoms with Gasteiger partial charge >= 0.3 is 6.18 Å². The van der Waals surface area contributed by atoms with E-state index >= 15 is 0 Å². The van der Waals surface area contributed by atoms with Gasteiger partial charge in [0.1, 0.15) is 0 Å². The molecule has 0 saturated heterocycles. The first-order chi connectivity index (χ1) is 9.72. The van der Waals surface area contributed by atoms with E-state index < -0.39 is 26.7 Å². The van der Waals surface area contributed by atoms with Gasteiger partial charge in [-0.25, -0.2) is 8.42 Å². The monoisotopic (exact) mass is 379 g/mol. The number of halogens is 4. The van der Waals surface area contributed by atoms with Gasteiger partial charge in [0.15, 0.2) is 0 Å². The van der Waals surface area contributed by atoms with E-state index in [1.807, 2.05) is 0 Å². The number of anilines is 1. The highest BCUT2D eigenvalue weighted by Gasteiger charge is 2.36. The molecular formula is C13H9BrF3NO2S. The summed E-state index contributed by atoms with van der Waals surface area (Å²) in [5, 5.41) is 0. The Morgan fingerprint density at radius 2 is 1.52 bits per heavy atom. The number of rotatable bonds is 3. The number of alkyl halides is 3. The molecule has 2 rings (SSSR count). The van der Waals surface area contributed by atoms with Gasteiger partial charge in [0.25, 0.3) is 10.0 Å². The normalized spacial score (nSPS) is 12.2. The standard InChI is InChI=1S/C13H9BrF3NO2S/c14-10-6-2-3-7-11(10)18-21(19,20)12-8-4-1-5-9(12)13(15,16)17/h1-8,18H. The summed E-state index contributed by atoms with van der Waals surface area (Å²) in [6.07, 6.45) is -4.75. The molecule has 2 aromatic carbocycles.